The molecular formula is C12H22N4OS. The Kier molecular flexibility index (Phi) is 4.55. The first-order valence-electron chi connectivity index (χ1n) is 6.32. The predicted octanol–water partition coefficient (Wildman–Crippen LogP) is 0.926. The number of anilines is 1. The van der Waals surface area contributed by atoms with E-state index in [1.165, 1.54) is 4.88 Å². The van der Waals surface area contributed by atoms with E-state index in [9.17, 15) is 0 Å². The Morgan fingerprint density at radius 2 is 2.44 bits per heavy atom. The van der Waals surface area contributed by atoms with Crippen molar-refractivity contribution in [3.05, 3.63) is 11.1 Å². The van der Waals surface area contributed by atoms with Crippen LogP contribution in [0.3, 0.4) is 0 Å². The molecule has 6 heteroatoms. The van der Waals surface area contributed by atoms with E-state index >= 15 is 0 Å². The van der Waals surface area contributed by atoms with E-state index in [1.54, 1.807) is 11.3 Å². The van der Waals surface area contributed by atoms with Gasteiger partial charge in [0.05, 0.1) is 12.2 Å². The molecule has 18 heavy (non-hydrogen) atoms. The standard InChI is InChI=1S/C12H22N4OS/c1-12(2)9-16(5-6-17-12)4-3-14-7-10-8-15-11(13)18-10/h8,14H,3-7,9H2,1-2H3,(H2,13,15). The normalized spacial score (nSPS) is 20.1. The molecule has 1 aromatic heterocycles. The van der Waals surface area contributed by atoms with Gasteiger partial charge >= 0.3 is 0 Å². The Balaban J connectivity index is 1.63. The summed E-state index contributed by atoms with van der Waals surface area (Å²) in [4.78, 5) is 7.67. The van der Waals surface area contributed by atoms with Crippen LogP contribution in [0.1, 0.15) is 18.7 Å². The van der Waals surface area contributed by atoms with E-state index in [0.29, 0.717) is 5.13 Å². The Morgan fingerprint density at radius 3 is 3.11 bits per heavy atom. The second-order valence-corrected chi connectivity index (χ2v) is 6.37. The summed E-state index contributed by atoms with van der Waals surface area (Å²) >= 11 is 1.54. The number of aromatic nitrogens is 1. The Morgan fingerprint density at radius 1 is 1.61 bits per heavy atom. The van der Waals surface area contributed by atoms with Crippen LogP contribution >= 0.6 is 11.3 Å². The van der Waals surface area contributed by atoms with E-state index < -0.39 is 0 Å². The summed E-state index contributed by atoms with van der Waals surface area (Å²) in [5.74, 6) is 0. The number of nitrogen functional groups attached to an aromatic ring is 1. The summed E-state index contributed by atoms with van der Waals surface area (Å²) in [5, 5.41) is 4.06. The van der Waals surface area contributed by atoms with Crippen molar-refractivity contribution in [3.8, 4) is 0 Å². The molecule has 0 saturated carbocycles. The van der Waals surface area contributed by atoms with Crippen LogP contribution in [0.5, 0.6) is 0 Å². The fourth-order valence-electron chi connectivity index (χ4n) is 2.16. The molecule has 3 N–H and O–H groups in total. The lowest BCUT2D eigenvalue weighted by atomic mass is 10.1. The zero-order chi connectivity index (χ0) is 13.0. The summed E-state index contributed by atoms with van der Waals surface area (Å²) < 4.78 is 5.69. The summed E-state index contributed by atoms with van der Waals surface area (Å²) in [5.41, 5.74) is 5.58. The Hall–Kier alpha value is -0.690. The smallest absolute Gasteiger partial charge is 0.180 e. The van der Waals surface area contributed by atoms with Crippen molar-refractivity contribution in [2.24, 2.45) is 0 Å². The fraction of sp³-hybridized carbons (Fsp3) is 0.750. The van der Waals surface area contributed by atoms with Crippen LogP contribution < -0.4 is 11.1 Å². The molecule has 0 aliphatic carbocycles. The van der Waals surface area contributed by atoms with Gasteiger partial charge in [-0.1, -0.05) is 0 Å². The van der Waals surface area contributed by atoms with Crippen molar-refractivity contribution >= 4 is 16.5 Å². The van der Waals surface area contributed by atoms with Gasteiger partial charge in [0.15, 0.2) is 5.13 Å². The van der Waals surface area contributed by atoms with Gasteiger partial charge in [-0.05, 0) is 13.8 Å². The summed E-state index contributed by atoms with van der Waals surface area (Å²) in [6, 6.07) is 0. The van der Waals surface area contributed by atoms with Crippen molar-refractivity contribution < 1.29 is 4.74 Å². The molecule has 0 spiro atoms. The van der Waals surface area contributed by atoms with Gasteiger partial charge in [-0.2, -0.15) is 0 Å². The number of ether oxygens (including phenoxy) is 1. The van der Waals surface area contributed by atoms with E-state index in [-0.39, 0.29) is 5.60 Å². The average molecular weight is 270 g/mol. The van der Waals surface area contributed by atoms with Crippen LogP contribution in [0.15, 0.2) is 6.20 Å². The molecule has 2 heterocycles. The monoisotopic (exact) mass is 270 g/mol. The first-order valence-corrected chi connectivity index (χ1v) is 7.14. The van der Waals surface area contributed by atoms with Gasteiger partial charge in [-0.25, -0.2) is 4.98 Å². The van der Waals surface area contributed by atoms with Crippen molar-refractivity contribution in [1.82, 2.24) is 15.2 Å². The van der Waals surface area contributed by atoms with Gasteiger partial charge in [-0.3, -0.25) is 4.90 Å². The average Bonchev–Trinajstić information content (AvgIpc) is 2.69. The summed E-state index contributed by atoms with van der Waals surface area (Å²) in [6.45, 7) is 10.0. The van der Waals surface area contributed by atoms with E-state index in [0.717, 1.165) is 39.3 Å². The third-order valence-corrected chi connectivity index (χ3v) is 3.81. The van der Waals surface area contributed by atoms with Crippen LogP contribution in [0.25, 0.3) is 0 Å². The first-order chi connectivity index (χ1) is 8.55. The highest BCUT2D eigenvalue weighted by molar-refractivity contribution is 7.15. The van der Waals surface area contributed by atoms with Crippen LogP contribution in [0.2, 0.25) is 0 Å². The quantitative estimate of drug-likeness (QED) is 0.779. The molecule has 5 nitrogen and oxygen atoms in total. The SMILES string of the molecule is CC1(C)CN(CCNCc2cnc(N)s2)CCO1. The maximum atomic E-state index is 5.69. The second-order valence-electron chi connectivity index (χ2n) is 5.23. The van der Waals surface area contributed by atoms with Crippen LogP contribution in [-0.2, 0) is 11.3 Å². The molecule has 0 atom stereocenters. The van der Waals surface area contributed by atoms with Gasteiger partial charge in [0, 0.05) is 43.8 Å². The number of rotatable bonds is 5. The van der Waals surface area contributed by atoms with Crippen molar-refractivity contribution in [1.29, 1.82) is 0 Å². The molecule has 0 unspecified atom stereocenters. The van der Waals surface area contributed by atoms with Gasteiger partial charge in [-0.15, -0.1) is 11.3 Å². The summed E-state index contributed by atoms with van der Waals surface area (Å²) in [6.07, 6.45) is 1.84. The van der Waals surface area contributed by atoms with Gasteiger partial charge in [0.2, 0.25) is 0 Å². The first kappa shape index (κ1) is 13.7. The molecule has 0 bridgehead atoms. The van der Waals surface area contributed by atoms with Crippen LogP contribution in [-0.4, -0.2) is 48.3 Å². The lowest BCUT2D eigenvalue weighted by Crippen LogP contribution is -2.49. The third kappa shape index (κ3) is 4.20. The largest absolute Gasteiger partial charge is 0.375 e. The molecule has 1 aliphatic heterocycles. The molecule has 1 fully saturated rings. The van der Waals surface area contributed by atoms with Crippen LogP contribution in [0, 0.1) is 0 Å². The zero-order valence-corrected chi connectivity index (χ0v) is 11.9. The lowest BCUT2D eigenvalue weighted by molar-refractivity contribution is -0.0854. The fourth-order valence-corrected chi connectivity index (χ4v) is 2.81. The molecule has 1 aliphatic rings. The molecule has 0 aromatic carbocycles. The van der Waals surface area contributed by atoms with Gasteiger partial charge < -0.3 is 15.8 Å². The van der Waals surface area contributed by atoms with Crippen molar-refractivity contribution in [2.45, 2.75) is 26.0 Å². The molecular weight excluding hydrogens is 248 g/mol. The van der Waals surface area contributed by atoms with Gasteiger partial charge in [0.25, 0.3) is 0 Å². The lowest BCUT2D eigenvalue weighted by Gasteiger charge is -2.38. The molecule has 0 amide bonds. The second kappa shape index (κ2) is 5.97. The zero-order valence-electron chi connectivity index (χ0n) is 11.1. The maximum Gasteiger partial charge on any atom is 0.180 e. The highest BCUT2D eigenvalue weighted by Gasteiger charge is 2.26. The predicted molar refractivity (Wildman–Crippen MR) is 74.7 cm³/mol. The topological polar surface area (TPSA) is 63.4 Å². The number of hydrogen-bond donors (Lipinski definition) is 2. The number of morpholine rings is 1. The minimum Gasteiger partial charge on any atom is -0.375 e. The maximum absolute atomic E-state index is 5.69. The highest BCUT2D eigenvalue weighted by Crippen LogP contribution is 2.16. The number of nitrogens with zero attached hydrogens (tertiary/aromatic N) is 2. The molecule has 1 aromatic rings. The van der Waals surface area contributed by atoms with E-state index in [4.69, 9.17) is 10.5 Å². The summed E-state index contributed by atoms with van der Waals surface area (Å²) in [7, 11) is 0. The van der Waals surface area contributed by atoms with E-state index in [2.05, 4.69) is 29.0 Å². The van der Waals surface area contributed by atoms with E-state index in [1.807, 2.05) is 6.20 Å². The van der Waals surface area contributed by atoms with Crippen LogP contribution in [0.4, 0.5) is 5.13 Å². The molecule has 0 radical (unpaired) electrons. The van der Waals surface area contributed by atoms with Crippen molar-refractivity contribution in [3.63, 3.8) is 0 Å². The number of nitrogens with one attached hydrogen (secondary N) is 1. The molecule has 102 valence electrons. The molecule has 2 rings (SSSR count). The number of nitrogens with two attached hydrogens (primary N) is 1. The Labute approximate surface area is 112 Å². The number of thiazole rings is 1. The Bertz CT molecular complexity index is 380. The minimum absolute atomic E-state index is 0.00955. The third-order valence-electron chi connectivity index (χ3n) is 2.98. The minimum atomic E-state index is -0.00955. The van der Waals surface area contributed by atoms with Gasteiger partial charge in [0.1, 0.15) is 0 Å². The number of hydrogen-bond acceptors (Lipinski definition) is 6. The molecule has 1 saturated heterocycles. The van der Waals surface area contributed by atoms with Crippen molar-refractivity contribution in [2.75, 3.05) is 38.5 Å². The highest BCUT2D eigenvalue weighted by atomic mass is 32.1.